The summed E-state index contributed by atoms with van der Waals surface area (Å²) in [5.74, 6) is -0.458. The van der Waals surface area contributed by atoms with Crippen molar-refractivity contribution in [2.24, 2.45) is 11.7 Å². The lowest BCUT2D eigenvalue weighted by Gasteiger charge is -2.30. The van der Waals surface area contributed by atoms with E-state index in [1.54, 1.807) is 0 Å². The molecular formula is C19H28ClN3O2. The lowest BCUT2D eigenvalue weighted by Crippen LogP contribution is -2.48. The molecule has 2 amide bonds. The van der Waals surface area contributed by atoms with Crippen molar-refractivity contribution < 1.29 is 9.59 Å². The Labute approximate surface area is 154 Å². The fraction of sp³-hybridized carbons (Fsp3) is 0.579. The molecular weight excluding hydrogens is 338 g/mol. The fourth-order valence-electron chi connectivity index (χ4n) is 3.36. The molecule has 6 heteroatoms. The van der Waals surface area contributed by atoms with Gasteiger partial charge in [0.25, 0.3) is 0 Å². The molecule has 1 fully saturated rings. The molecule has 1 aromatic carbocycles. The van der Waals surface area contributed by atoms with Gasteiger partial charge in [-0.15, -0.1) is 0 Å². The minimum atomic E-state index is -0.597. The Hall–Kier alpha value is -1.59. The highest BCUT2D eigenvalue weighted by Gasteiger charge is 2.36. The van der Waals surface area contributed by atoms with Gasteiger partial charge in [0.2, 0.25) is 11.8 Å². The molecule has 1 aliphatic rings. The number of carbonyl (C=O) groups excluding carboxylic acids is 2. The van der Waals surface area contributed by atoms with Gasteiger partial charge in [-0.25, -0.2) is 0 Å². The van der Waals surface area contributed by atoms with Crippen LogP contribution in [0.3, 0.4) is 0 Å². The molecule has 1 aromatic rings. The summed E-state index contributed by atoms with van der Waals surface area (Å²) in [5.41, 5.74) is 6.87. The summed E-state index contributed by atoms with van der Waals surface area (Å²) in [6.45, 7) is 4.25. The van der Waals surface area contributed by atoms with Crippen molar-refractivity contribution in [2.45, 2.75) is 51.0 Å². The van der Waals surface area contributed by atoms with Crippen molar-refractivity contribution in [1.29, 1.82) is 0 Å². The smallest absolute Gasteiger partial charge is 0.239 e. The molecule has 5 nitrogen and oxygen atoms in total. The van der Waals surface area contributed by atoms with E-state index in [1.807, 2.05) is 32.0 Å². The maximum atomic E-state index is 12.1. The zero-order valence-corrected chi connectivity index (χ0v) is 15.7. The van der Waals surface area contributed by atoms with Crippen LogP contribution in [0.2, 0.25) is 5.02 Å². The van der Waals surface area contributed by atoms with Crippen LogP contribution >= 0.6 is 11.6 Å². The number of benzene rings is 1. The van der Waals surface area contributed by atoms with Crippen molar-refractivity contribution in [3.63, 3.8) is 0 Å². The normalized spacial score (nSPS) is 17.3. The van der Waals surface area contributed by atoms with Gasteiger partial charge >= 0.3 is 0 Å². The van der Waals surface area contributed by atoms with Crippen molar-refractivity contribution in [1.82, 2.24) is 10.6 Å². The standard InChI is InChI=1S/C19H28ClN3O2/c1-13(2)17(21)18(25)22-11-16(24)23-12-19(8-3-4-9-19)14-6-5-7-15(20)10-14/h5-7,10,13,17H,3-4,8-9,11-12,21H2,1-2H3,(H,22,25)(H,23,24)/t17-/m0/s1. The maximum absolute atomic E-state index is 12.1. The van der Waals surface area contributed by atoms with Gasteiger partial charge in [-0.3, -0.25) is 9.59 Å². The first kappa shape index (κ1) is 19.7. The first-order chi connectivity index (χ1) is 11.8. The Kier molecular flexibility index (Phi) is 6.85. The van der Waals surface area contributed by atoms with E-state index in [1.165, 1.54) is 5.56 Å². The van der Waals surface area contributed by atoms with Gasteiger partial charge in [0, 0.05) is 17.0 Å². The number of carbonyl (C=O) groups is 2. The Morgan fingerprint density at radius 2 is 1.92 bits per heavy atom. The van der Waals surface area contributed by atoms with Gasteiger partial charge in [0.1, 0.15) is 0 Å². The third-order valence-electron chi connectivity index (χ3n) is 5.07. The van der Waals surface area contributed by atoms with E-state index < -0.39 is 6.04 Å². The number of nitrogens with two attached hydrogens (primary N) is 1. The van der Waals surface area contributed by atoms with E-state index in [4.69, 9.17) is 17.3 Å². The molecule has 1 atom stereocenters. The van der Waals surface area contributed by atoms with Crippen LogP contribution in [0.1, 0.15) is 45.1 Å². The number of halogens is 1. The Bertz CT molecular complexity index is 612. The average Bonchev–Trinajstić information content (AvgIpc) is 3.07. The van der Waals surface area contributed by atoms with Crippen LogP contribution in [0.25, 0.3) is 0 Å². The van der Waals surface area contributed by atoms with Crippen LogP contribution in [0, 0.1) is 5.92 Å². The molecule has 0 bridgehead atoms. The predicted molar refractivity (Wildman–Crippen MR) is 100 cm³/mol. The van der Waals surface area contributed by atoms with Crippen molar-refractivity contribution in [2.75, 3.05) is 13.1 Å². The highest BCUT2D eigenvalue weighted by atomic mass is 35.5. The molecule has 0 unspecified atom stereocenters. The number of amides is 2. The molecule has 4 N–H and O–H groups in total. The molecule has 0 aliphatic heterocycles. The molecule has 2 rings (SSSR count). The van der Waals surface area contributed by atoms with Gasteiger partial charge in [0.15, 0.2) is 0 Å². The molecule has 0 saturated heterocycles. The highest BCUT2D eigenvalue weighted by molar-refractivity contribution is 6.30. The summed E-state index contributed by atoms with van der Waals surface area (Å²) in [7, 11) is 0. The van der Waals surface area contributed by atoms with Crippen molar-refractivity contribution >= 4 is 23.4 Å². The van der Waals surface area contributed by atoms with Gasteiger partial charge < -0.3 is 16.4 Å². The van der Waals surface area contributed by atoms with E-state index in [9.17, 15) is 9.59 Å². The Morgan fingerprint density at radius 1 is 1.24 bits per heavy atom. The minimum absolute atomic E-state index is 0.0349. The van der Waals surface area contributed by atoms with E-state index in [-0.39, 0.29) is 29.7 Å². The molecule has 25 heavy (non-hydrogen) atoms. The first-order valence-corrected chi connectivity index (χ1v) is 9.28. The molecule has 0 radical (unpaired) electrons. The van der Waals surface area contributed by atoms with Crippen LogP contribution < -0.4 is 16.4 Å². The molecule has 1 aliphatic carbocycles. The summed E-state index contributed by atoms with van der Waals surface area (Å²) in [6.07, 6.45) is 4.33. The van der Waals surface area contributed by atoms with Crippen LogP contribution in [0.4, 0.5) is 0 Å². The van der Waals surface area contributed by atoms with Crippen LogP contribution in [-0.2, 0) is 15.0 Å². The molecule has 1 saturated carbocycles. The summed E-state index contributed by atoms with van der Waals surface area (Å²) < 4.78 is 0. The molecule has 0 spiro atoms. The second kappa shape index (κ2) is 8.68. The summed E-state index contributed by atoms with van der Waals surface area (Å²) >= 11 is 6.14. The SMILES string of the molecule is CC(C)[C@H](N)C(=O)NCC(=O)NCC1(c2cccc(Cl)c2)CCCC1. The van der Waals surface area contributed by atoms with Crippen LogP contribution in [0.15, 0.2) is 24.3 Å². The monoisotopic (exact) mass is 365 g/mol. The maximum Gasteiger partial charge on any atom is 0.239 e. The number of hydrogen-bond donors (Lipinski definition) is 3. The molecule has 0 aromatic heterocycles. The highest BCUT2D eigenvalue weighted by Crippen LogP contribution is 2.41. The number of nitrogens with one attached hydrogen (secondary N) is 2. The third kappa shape index (κ3) is 5.19. The second-order valence-corrected chi connectivity index (χ2v) is 7.70. The van der Waals surface area contributed by atoms with Gasteiger partial charge in [-0.05, 0) is 36.5 Å². The van der Waals surface area contributed by atoms with Crippen molar-refractivity contribution in [3.05, 3.63) is 34.9 Å². The fourth-order valence-corrected chi connectivity index (χ4v) is 3.55. The molecule has 0 heterocycles. The van der Waals surface area contributed by atoms with E-state index in [0.717, 1.165) is 25.7 Å². The zero-order chi connectivity index (χ0) is 18.4. The number of hydrogen-bond acceptors (Lipinski definition) is 3. The lowest BCUT2D eigenvalue weighted by atomic mass is 9.79. The quantitative estimate of drug-likeness (QED) is 0.693. The number of rotatable bonds is 7. The minimum Gasteiger partial charge on any atom is -0.354 e. The zero-order valence-electron chi connectivity index (χ0n) is 15.0. The largest absolute Gasteiger partial charge is 0.354 e. The van der Waals surface area contributed by atoms with Gasteiger partial charge in [-0.1, -0.05) is 50.4 Å². The summed E-state index contributed by atoms with van der Waals surface area (Å²) in [5, 5.41) is 6.29. The van der Waals surface area contributed by atoms with Crippen LogP contribution in [0.5, 0.6) is 0 Å². The third-order valence-corrected chi connectivity index (χ3v) is 5.30. The second-order valence-electron chi connectivity index (χ2n) is 7.26. The molecule has 138 valence electrons. The van der Waals surface area contributed by atoms with Crippen molar-refractivity contribution in [3.8, 4) is 0 Å². The van der Waals surface area contributed by atoms with Gasteiger partial charge in [-0.2, -0.15) is 0 Å². The lowest BCUT2D eigenvalue weighted by molar-refractivity contribution is -0.127. The van der Waals surface area contributed by atoms with Crippen LogP contribution in [-0.4, -0.2) is 30.9 Å². The topological polar surface area (TPSA) is 84.2 Å². The Morgan fingerprint density at radius 3 is 2.52 bits per heavy atom. The van der Waals surface area contributed by atoms with E-state index in [2.05, 4.69) is 16.7 Å². The summed E-state index contributed by atoms with van der Waals surface area (Å²) in [6, 6.07) is 7.28. The predicted octanol–water partition coefficient (Wildman–Crippen LogP) is 2.37. The van der Waals surface area contributed by atoms with Gasteiger partial charge in [0.05, 0.1) is 12.6 Å². The van der Waals surface area contributed by atoms with E-state index >= 15 is 0 Å². The summed E-state index contributed by atoms with van der Waals surface area (Å²) in [4.78, 5) is 24.0. The van der Waals surface area contributed by atoms with E-state index in [0.29, 0.717) is 11.6 Å². The first-order valence-electron chi connectivity index (χ1n) is 8.90. The Balaban J connectivity index is 1.91. The average molecular weight is 366 g/mol.